The van der Waals surface area contributed by atoms with E-state index in [9.17, 15) is 0 Å². The predicted molar refractivity (Wildman–Crippen MR) is 81.4 cm³/mol. The Balaban J connectivity index is 2.48. The molecule has 3 heteroatoms. The molecule has 0 aliphatic rings. The van der Waals surface area contributed by atoms with Crippen molar-refractivity contribution in [3.8, 4) is 5.75 Å². The third kappa shape index (κ3) is 6.08. The summed E-state index contributed by atoms with van der Waals surface area (Å²) in [6, 6.07) is 8.37. The van der Waals surface area contributed by atoms with Gasteiger partial charge in [0, 0.05) is 13.1 Å². The second kappa shape index (κ2) is 7.51. The van der Waals surface area contributed by atoms with Gasteiger partial charge in [0.15, 0.2) is 0 Å². The van der Waals surface area contributed by atoms with Crippen molar-refractivity contribution in [1.29, 1.82) is 0 Å². The lowest BCUT2D eigenvalue weighted by molar-refractivity contribution is 0.210. The van der Waals surface area contributed by atoms with Crippen LogP contribution in [0.1, 0.15) is 32.8 Å². The molecular formula is C16H28N2O. The molecular weight excluding hydrogens is 236 g/mol. The highest BCUT2D eigenvalue weighted by Crippen LogP contribution is 2.17. The fraction of sp³-hybridized carbons (Fsp3) is 0.625. The fourth-order valence-electron chi connectivity index (χ4n) is 2.07. The molecule has 0 aromatic heterocycles. The van der Waals surface area contributed by atoms with Gasteiger partial charge in [0.2, 0.25) is 0 Å². The summed E-state index contributed by atoms with van der Waals surface area (Å²) in [6.45, 7) is 9.94. The van der Waals surface area contributed by atoms with Gasteiger partial charge < -0.3 is 15.4 Å². The number of hydrogen-bond acceptors (Lipinski definition) is 3. The number of benzene rings is 1. The van der Waals surface area contributed by atoms with Crippen LogP contribution in [0.15, 0.2) is 24.3 Å². The monoisotopic (exact) mass is 264 g/mol. The smallest absolute Gasteiger partial charge is 0.119 e. The summed E-state index contributed by atoms with van der Waals surface area (Å²) in [5.74, 6) is 0.954. The van der Waals surface area contributed by atoms with Gasteiger partial charge in [-0.3, -0.25) is 0 Å². The second-order valence-electron chi connectivity index (χ2n) is 6.03. The predicted octanol–water partition coefficient (Wildman–Crippen LogP) is 2.89. The topological polar surface area (TPSA) is 38.5 Å². The molecule has 1 aromatic carbocycles. The van der Waals surface area contributed by atoms with Crippen LogP contribution in [0.5, 0.6) is 5.75 Å². The van der Waals surface area contributed by atoms with Gasteiger partial charge in [-0.25, -0.2) is 0 Å². The maximum absolute atomic E-state index is 5.77. The third-order valence-electron chi connectivity index (χ3n) is 3.10. The summed E-state index contributed by atoms with van der Waals surface area (Å²) >= 11 is 0. The van der Waals surface area contributed by atoms with Gasteiger partial charge >= 0.3 is 0 Å². The Morgan fingerprint density at radius 2 is 1.84 bits per heavy atom. The number of nitrogens with zero attached hydrogens (tertiary/aromatic N) is 1. The number of ether oxygens (including phenoxy) is 1. The lowest BCUT2D eigenvalue weighted by Crippen LogP contribution is -2.36. The Hall–Kier alpha value is -1.06. The van der Waals surface area contributed by atoms with Crippen molar-refractivity contribution in [3.05, 3.63) is 29.8 Å². The van der Waals surface area contributed by atoms with Crippen molar-refractivity contribution in [3.63, 3.8) is 0 Å². The van der Waals surface area contributed by atoms with Gasteiger partial charge in [0.05, 0.1) is 6.61 Å². The molecule has 3 nitrogen and oxygen atoms in total. The maximum Gasteiger partial charge on any atom is 0.119 e. The summed E-state index contributed by atoms with van der Waals surface area (Å²) in [6.07, 6.45) is 1.04. The van der Waals surface area contributed by atoms with Gasteiger partial charge in [-0.05, 0) is 43.1 Å². The molecule has 0 bridgehead atoms. The largest absolute Gasteiger partial charge is 0.494 e. The molecule has 1 aromatic rings. The molecule has 2 N–H and O–H groups in total. The number of hydrogen-bond donors (Lipinski definition) is 1. The molecule has 0 atom stereocenters. The summed E-state index contributed by atoms with van der Waals surface area (Å²) in [5.41, 5.74) is 7.24. The zero-order chi connectivity index (χ0) is 14.3. The molecule has 0 saturated carbocycles. The van der Waals surface area contributed by atoms with Crippen LogP contribution >= 0.6 is 0 Å². The van der Waals surface area contributed by atoms with Crippen LogP contribution in [0.2, 0.25) is 0 Å². The number of rotatable bonds is 8. The average Bonchev–Trinajstić information content (AvgIpc) is 2.37. The fourth-order valence-corrected chi connectivity index (χ4v) is 2.07. The first-order valence-corrected chi connectivity index (χ1v) is 7.07. The van der Waals surface area contributed by atoms with Crippen LogP contribution in [-0.4, -0.2) is 31.6 Å². The van der Waals surface area contributed by atoms with Crippen molar-refractivity contribution < 1.29 is 4.74 Å². The Bertz CT molecular complexity index is 360. The highest BCUT2D eigenvalue weighted by atomic mass is 16.5. The SMILES string of the molecule is CCCOc1ccc(CN(C)CC(C)(C)CN)cc1. The zero-order valence-electron chi connectivity index (χ0n) is 12.8. The first-order valence-electron chi connectivity index (χ1n) is 7.07. The molecule has 108 valence electrons. The molecule has 0 spiro atoms. The van der Waals surface area contributed by atoms with E-state index < -0.39 is 0 Å². The maximum atomic E-state index is 5.77. The zero-order valence-corrected chi connectivity index (χ0v) is 12.8. The van der Waals surface area contributed by atoms with Crippen molar-refractivity contribution in [2.45, 2.75) is 33.7 Å². The minimum absolute atomic E-state index is 0.166. The Morgan fingerprint density at radius 3 is 2.37 bits per heavy atom. The summed E-state index contributed by atoms with van der Waals surface area (Å²) in [4.78, 5) is 2.31. The van der Waals surface area contributed by atoms with E-state index in [1.807, 2.05) is 12.1 Å². The summed E-state index contributed by atoms with van der Waals surface area (Å²) in [5, 5.41) is 0. The van der Waals surface area contributed by atoms with E-state index in [0.717, 1.165) is 31.9 Å². The van der Waals surface area contributed by atoms with E-state index in [0.29, 0.717) is 6.54 Å². The second-order valence-corrected chi connectivity index (χ2v) is 6.03. The van der Waals surface area contributed by atoms with Gasteiger partial charge in [-0.15, -0.1) is 0 Å². The number of nitrogens with two attached hydrogens (primary N) is 1. The van der Waals surface area contributed by atoms with E-state index in [1.54, 1.807) is 0 Å². The van der Waals surface area contributed by atoms with Gasteiger partial charge in [0.25, 0.3) is 0 Å². The lowest BCUT2D eigenvalue weighted by atomic mass is 9.93. The van der Waals surface area contributed by atoms with Crippen LogP contribution in [-0.2, 0) is 6.54 Å². The van der Waals surface area contributed by atoms with E-state index in [2.05, 4.69) is 44.9 Å². The molecule has 0 aliphatic heterocycles. The standard InChI is InChI=1S/C16H28N2O/c1-5-10-19-15-8-6-14(7-9-15)11-18(4)13-16(2,3)12-17/h6-9H,5,10-13,17H2,1-4H3. The van der Waals surface area contributed by atoms with Crippen LogP contribution in [0.3, 0.4) is 0 Å². The van der Waals surface area contributed by atoms with Gasteiger partial charge in [-0.2, -0.15) is 0 Å². The van der Waals surface area contributed by atoms with E-state index >= 15 is 0 Å². The minimum Gasteiger partial charge on any atom is -0.494 e. The Morgan fingerprint density at radius 1 is 1.21 bits per heavy atom. The average molecular weight is 264 g/mol. The van der Waals surface area contributed by atoms with Crippen molar-refractivity contribution in [2.75, 3.05) is 26.7 Å². The third-order valence-corrected chi connectivity index (χ3v) is 3.10. The summed E-state index contributed by atoms with van der Waals surface area (Å²) in [7, 11) is 2.14. The van der Waals surface area contributed by atoms with Crippen molar-refractivity contribution in [1.82, 2.24) is 4.90 Å². The molecule has 0 heterocycles. The molecule has 0 unspecified atom stereocenters. The van der Waals surface area contributed by atoms with E-state index in [1.165, 1.54) is 5.56 Å². The molecule has 1 rings (SSSR count). The van der Waals surface area contributed by atoms with Crippen molar-refractivity contribution in [2.24, 2.45) is 11.1 Å². The molecule has 19 heavy (non-hydrogen) atoms. The molecule has 0 aliphatic carbocycles. The minimum atomic E-state index is 0.166. The highest BCUT2D eigenvalue weighted by Gasteiger charge is 2.17. The first-order chi connectivity index (χ1) is 8.96. The van der Waals surface area contributed by atoms with Gasteiger partial charge in [-0.1, -0.05) is 32.9 Å². The van der Waals surface area contributed by atoms with Crippen molar-refractivity contribution >= 4 is 0 Å². The van der Waals surface area contributed by atoms with Crippen LogP contribution in [0.25, 0.3) is 0 Å². The van der Waals surface area contributed by atoms with Gasteiger partial charge in [0.1, 0.15) is 5.75 Å². The van der Waals surface area contributed by atoms with Crippen LogP contribution in [0, 0.1) is 5.41 Å². The molecule has 0 fully saturated rings. The Labute approximate surface area is 117 Å². The molecule has 0 radical (unpaired) electrons. The molecule has 0 saturated heterocycles. The lowest BCUT2D eigenvalue weighted by Gasteiger charge is -2.29. The first kappa shape index (κ1) is 16.0. The van der Waals surface area contributed by atoms with E-state index in [4.69, 9.17) is 10.5 Å². The normalized spacial score (nSPS) is 11.9. The molecule has 0 amide bonds. The highest BCUT2D eigenvalue weighted by molar-refractivity contribution is 5.27. The quantitative estimate of drug-likeness (QED) is 0.784. The Kier molecular flexibility index (Phi) is 6.32. The van der Waals surface area contributed by atoms with E-state index in [-0.39, 0.29) is 5.41 Å². The van der Waals surface area contributed by atoms with Crippen LogP contribution in [0.4, 0.5) is 0 Å². The van der Waals surface area contributed by atoms with Crippen LogP contribution < -0.4 is 10.5 Å². The summed E-state index contributed by atoms with van der Waals surface area (Å²) < 4.78 is 5.58.